The van der Waals surface area contributed by atoms with Crippen LogP contribution in [0.1, 0.15) is 5.56 Å². The van der Waals surface area contributed by atoms with E-state index in [9.17, 15) is 13.6 Å². The number of nitrogens with one attached hydrogen (secondary N) is 1. The lowest BCUT2D eigenvalue weighted by atomic mass is 10.1. The molecule has 21 heavy (non-hydrogen) atoms. The van der Waals surface area contributed by atoms with Crippen molar-refractivity contribution in [2.45, 2.75) is 11.8 Å². The van der Waals surface area contributed by atoms with Crippen molar-refractivity contribution in [1.29, 1.82) is 0 Å². The van der Waals surface area contributed by atoms with Crippen LogP contribution in [0.15, 0.2) is 41.3 Å². The van der Waals surface area contributed by atoms with E-state index in [0.29, 0.717) is 11.4 Å². The Morgan fingerprint density at radius 2 is 2.05 bits per heavy atom. The van der Waals surface area contributed by atoms with Gasteiger partial charge in [0.2, 0.25) is 5.91 Å². The molecule has 0 radical (unpaired) electrons. The average molecular weight is 308 g/mol. The summed E-state index contributed by atoms with van der Waals surface area (Å²) in [6, 6.07) is 8.35. The van der Waals surface area contributed by atoms with Gasteiger partial charge < -0.3 is 11.1 Å². The quantitative estimate of drug-likeness (QED) is 0.670. The fraction of sp³-hybridized carbons (Fsp3) is 0.133. The van der Waals surface area contributed by atoms with Crippen LogP contribution in [0.5, 0.6) is 0 Å². The molecule has 1 amide bonds. The first-order valence-corrected chi connectivity index (χ1v) is 7.18. The van der Waals surface area contributed by atoms with Crippen molar-refractivity contribution in [1.82, 2.24) is 0 Å². The minimum Gasteiger partial charge on any atom is -0.398 e. The van der Waals surface area contributed by atoms with E-state index in [2.05, 4.69) is 5.32 Å². The van der Waals surface area contributed by atoms with Crippen molar-refractivity contribution in [2.75, 3.05) is 16.8 Å². The van der Waals surface area contributed by atoms with Crippen LogP contribution < -0.4 is 11.1 Å². The summed E-state index contributed by atoms with van der Waals surface area (Å²) < 4.78 is 26.4. The number of carbonyl (C=O) groups is 1. The third kappa shape index (κ3) is 3.95. The lowest BCUT2D eigenvalue weighted by molar-refractivity contribution is -0.113. The summed E-state index contributed by atoms with van der Waals surface area (Å²) in [5.41, 5.74) is 7.71. The highest BCUT2D eigenvalue weighted by atomic mass is 32.2. The number of amides is 1. The number of thioether (sulfide) groups is 1. The van der Waals surface area contributed by atoms with Crippen LogP contribution in [-0.4, -0.2) is 11.7 Å². The summed E-state index contributed by atoms with van der Waals surface area (Å²) >= 11 is 0.940. The molecule has 2 aromatic carbocycles. The highest BCUT2D eigenvalue weighted by Gasteiger charge is 2.10. The smallest absolute Gasteiger partial charge is 0.234 e. The molecule has 3 N–H and O–H groups in total. The number of nitrogens with two attached hydrogens (primary N) is 1. The summed E-state index contributed by atoms with van der Waals surface area (Å²) in [7, 11) is 0. The summed E-state index contributed by atoms with van der Waals surface area (Å²) in [6.07, 6.45) is 0. The van der Waals surface area contributed by atoms with E-state index in [4.69, 9.17) is 5.73 Å². The van der Waals surface area contributed by atoms with Crippen LogP contribution in [0.25, 0.3) is 0 Å². The molecule has 0 unspecified atom stereocenters. The van der Waals surface area contributed by atoms with E-state index in [-0.39, 0.29) is 16.6 Å². The van der Waals surface area contributed by atoms with Crippen molar-refractivity contribution in [2.24, 2.45) is 0 Å². The van der Waals surface area contributed by atoms with Gasteiger partial charge in [-0.1, -0.05) is 6.07 Å². The molecule has 110 valence electrons. The average Bonchev–Trinajstić information content (AvgIpc) is 2.45. The van der Waals surface area contributed by atoms with Gasteiger partial charge in [-0.2, -0.15) is 0 Å². The van der Waals surface area contributed by atoms with Crippen molar-refractivity contribution in [3.05, 3.63) is 53.6 Å². The van der Waals surface area contributed by atoms with Crippen LogP contribution in [0.3, 0.4) is 0 Å². The number of hydrogen-bond donors (Lipinski definition) is 2. The molecule has 0 heterocycles. The third-order valence-corrected chi connectivity index (χ3v) is 3.93. The van der Waals surface area contributed by atoms with E-state index in [1.165, 1.54) is 0 Å². The Morgan fingerprint density at radius 1 is 1.29 bits per heavy atom. The molecule has 0 aliphatic heterocycles. The van der Waals surface area contributed by atoms with Crippen LogP contribution >= 0.6 is 11.8 Å². The summed E-state index contributed by atoms with van der Waals surface area (Å²) in [5, 5.41) is 2.70. The van der Waals surface area contributed by atoms with E-state index < -0.39 is 11.6 Å². The van der Waals surface area contributed by atoms with Gasteiger partial charge in [0.25, 0.3) is 0 Å². The standard InChI is InChI=1S/C15H14F2N2OS/c1-9-12(18)3-2-4-13(9)19-15(20)8-21-14-7-10(16)5-6-11(14)17/h2-7H,8,18H2,1H3,(H,19,20). The van der Waals surface area contributed by atoms with Gasteiger partial charge in [0.1, 0.15) is 11.6 Å². The van der Waals surface area contributed by atoms with Gasteiger partial charge in [-0.3, -0.25) is 4.79 Å². The summed E-state index contributed by atoms with van der Waals surface area (Å²) in [6.45, 7) is 1.80. The molecular weight excluding hydrogens is 294 g/mol. The topological polar surface area (TPSA) is 55.1 Å². The second kappa shape index (κ2) is 6.58. The van der Waals surface area contributed by atoms with Gasteiger partial charge in [-0.25, -0.2) is 8.78 Å². The van der Waals surface area contributed by atoms with E-state index >= 15 is 0 Å². The molecule has 2 rings (SSSR count). The molecule has 3 nitrogen and oxygen atoms in total. The van der Waals surface area contributed by atoms with Gasteiger partial charge in [-0.05, 0) is 42.8 Å². The monoisotopic (exact) mass is 308 g/mol. The number of rotatable bonds is 4. The molecular formula is C15H14F2N2OS. The Hall–Kier alpha value is -2.08. The molecule has 0 aliphatic rings. The molecule has 0 saturated heterocycles. The molecule has 0 fully saturated rings. The lowest BCUT2D eigenvalue weighted by Gasteiger charge is -2.10. The van der Waals surface area contributed by atoms with Gasteiger partial charge in [0.05, 0.1) is 5.75 Å². The second-order valence-electron chi connectivity index (χ2n) is 4.43. The summed E-state index contributed by atoms with van der Waals surface area (Å²) in [4.78, 5) is 12.0. The van der Waals surface area contributed by atoms with Crippen molar-refractivity contribution >= 4 is 29.0 Å². The Labute approximate surface area is 125 Å². The lowest BCUT2D eigenvalue weighted by Crippen LogP contribution is -2.15. The van der Waals surface area contributed by atoms with Gasteiger partial charge in [-0.15, -0.1) is 11.8 Å². The maximum absolute atomic E-state index is 13.4. The predicted octanol–water partition coefficient (Wildman–Crippen LogP) is 3.59. The zero-order chi connectivity index (χ0) is 15.4. The number of hydrogen-bond acceptors (Lipinski definition) is 3. The third-order valence-electron chi connectivity index (χ3n) is 2.90. The Morgan fingerprint density at radius 3 is 2.81 bits per heavy atom. The number of carbonyl (C=O) groups excluding carboxylic acids is 1. The second-order valence-corrected chi connectivity index (χ2v) is 5.45. The van der Waals surface area contributed by atoms with Gasteiger partial charge in [0, 0.05) is 16.3 Å². The predicted molar refractivity (Wildman–Crippen MR) is 81.3 cm³/mol. The molecule has 0 atom stereocenters. The normalized spacial score (nSPS) is 10.4. The van der Waals surface area contributed by atoms with Gasteiger partial charge >= 0.3 is 0 Å². The zero-order valence-electron chi connectivity index (χ0n) is 11.3. The van der Waals surface area contributed by atoms with Crippen molar-refractivity contribution in [3.63, 3.8) is 0 Å². The first kappa shape index (κ1) is 15.3. The molecule has 0 spiro atoms. The molecule has 2 aromatic rings. The highest BCUT2D eigenvalue weighted by Crippen LogP contribution is 2.24. The van der Waals surface area contributed by atoms with E-state index in [0.717, 1.165) is 35.5 Å². The maximum Gasteiger partial charge on any atom is 0.234 e. The van der Waals surface area contributed by atoms with Crippen LogP contribution in [-0.2, 0) is 4.79 Å². The molecule has 6 heteroatoms. The number of anilines is 2. The van der Waals surface area contributed by atoms with Crippen molar-refractivity contribution in [3.8, 4) is 0 Å². The SMILES string of the molecule is Cc1c(N)cccc1NC(=O)CSc1cc(F)ccc1F. The minimum atomic E-state index is -0.547. The number of benzene rings is 2. The van der Waals surface area contributed by atoms with E-state index in [1.54, 1.807) is 25.1 Å². The maximum atomic E-state index is 13.4. The molecule has 0 saturated carbocycles. The Kier molecular flexibility index (Phi) is 4.80. The first-order chi connectivity index (χ1) is 9.97. The molecule has 0 aromatic heterocycles. The molecule has 0 aliphatic carbocycles. The van der Waals surface area contributed by atoms with Crippen LogP contribution in [0.4, 0.5) is 20.2 Å². The van der Waals surface area contributed by atoms with Gasteiger partial charge in [0.15, 0.2) is 0 Å². The minimum absolute atomic E-state index is 0.0192. The summed E-state index contributed by atoms with van der Waals surface area (Å²) in [5.74, 6) is -1.41. The Bertz CT molecular complexity index is 677. The van der Waals surface area contributed by atoms with Crippen LogP contribution in [0.2, 0.25) is 0 Å². The Balaban J connectivity index is 1.99. The van der Waals surface area contributed by atoms with Crippen LogP contribution in [0, 0.1) is 18.6 Å². The van der Waals surface area contributed by atoms with Crippen molar-refractivity contribution < 1.29 is 13.6 Å². The fourth-order valence-corrected chi connectivity index (χ4v) is 2.47. The van der Waals surface area contributed by atoms with E-state index in [1.807, 2.05) is 0 Å². The largest absolute Gasteiger partial charge is 0.398 e. The zero-order valence-corrected chi connectivity index (χ0v) is 12.1. The number of halogens is 2. The first-order valence-electron chi connectivity index (χ1n) is 6.20. The molecule has 0 bridgehead atoms. The fourth-order valence-electron chi connectivity index (χ4n) is 1.71. The highest BCUT2D eigenvalue weighted by molar-refractivity contribution is 8.00. The number of nitrogen functional groups attached to an aromatic ring is 1.